The maximum Gasteiger partial charge on any atom is 0.245 e. The first-order chi connectivity index (χ1) is 10.9. The van der Waals surface area contributed by atoms with Crippen molar-refractivity contribution in [1.82, 2.24) is 15.1 Å². The van der Waals surface area contributed by atoms with E-state index in [9.17, 15) is 14.0 Å². The lowest BCUT2D eigenvalue weighted by atomic mass is 9.97. The lowest BCUT2D eigenvalue weighted by molar-refractivity contribution is -0.121. The van der Waals surface area contributed by atoms with Gasteiger partial charge in [-0.25, -0.2) is 9.07 Å². The van der Waals surface area contributed by atoms with Gasteiger partial charge in [0.1, 0.15) is 11.5 Å². The molecular weight excluding hydrogens is 299 g/mol. The maximum atomic E-state index is 14.3. The summed E-state index contributed by atoms with van der Waals surface area (Å²) < 4.78 is 15.8. The van der Waals surface area contributed by atoms with Gasteiger partial charge >= 0.3 is 0 Å². The van der Waals surface area contributed by atoms with Gasteiger partial charge in [0.15, 0.2) is 11.7 Å². The highest BCUT2D eigenvalue weighted by molar-refractivity contribution is 6.12. The number of carbonyl (C=O) groups is 2. The van der Waals surface area contributed by atoms with E-state index in [-0.39, 0.29) is 11.3 Å². The van der Waals surface area contributed by atoms with Gasteiger partial charge in [-0.3, -0.25) is 9.59 Å². The van der Waals surface area contributed by atoms with Gasteiger partial charge in [-0.2, -0.15) is 10.4 Å². The number of ketones is 1. The fourth-order valence-corrected chi connectivity index (χ4v) is 2.25. The standard InChI is InChI=1S/C16H15FN4O2/c1-9-6-10(2)21(20-9)14-5-4-11(7-13(14)17)15(22)12(8-18)16(23)19-3/h4-7,12H,1-3H3,(H,19,23)/t12-/m0/s1. The highest BCUT2D eigenvalue weighted by Gasteiger charge is 2.27. The number of nitrogens with one attached hydrogen (secondary N) is 1. The number of aromatic nitrogens is 2. The van der Waals surface area contributed by atoms with E-state index in [4.69, 9.17) is 5.26 Å². The molecule has 23 heavy (non-hydrogen) atoms. The van der Waals surface area contributed by atoms with E-state index in [1.165, 1.54) is 23.9 Å². The monoisotopic (exact) mass is 314 g/mol. The zero-order valence-corrected chi connectivity index (χ0v) is 12.9. The average Bonchev–Trinajstić information content (AvgIpc) is 2.85. The summed E-state index contributed by atoms with van der Waals surface area (Å²) in [6.45, 7) is 3.58. The largest absolute Gasteiger partial charge is 0.358 e. The minimum absolute atomic E-state index is 0.0390. The lowest BCUT2D eigenvalue weighted by Gasteiger charge is -2.10. The van der Waals surface area contributed by atoms with Crippen molar-refractivity contribution in [2.75, 3.05) is 7.05 Å². The maximum absolute atomic E-state index is 14.3. The molecule has 1 aromatic carbocycles. The second-order valence-electron chi connectivity index (χ2n) is 5.05. The number of Topliss-reactive ketones (excluding diaryl/α,β-unsaturated/α-hetero) is 1. The molecule has 0 spiro atoms. The number of halogens is 1. The molecule has 0 aliphatic rings. The summed E-state index contributed by atoms with van der Waals surface area (Å²) in [7, 11) is 1.33. The highest BCUT2D eigenvalue weighted by atomic mass is 19.1. The Bertz CT molecular complexity index is 820. The van der Waals surface area contributed by atoms with Crippen LogP contribution in [0.2, 0.25) is 0 Å². The molecular formula is C16H15FN4O2. The number of aryl methyl sites for hydroxylation is 2. The van der Waals surface area contributed by atoms with Crippen LogP contribution in [0.3, 0.4) is 0 Å². The Morgan fingerprint density at radius 1 is 1.35 bits per heavy atom. The molecule has 0 aliphatic carbocycles. The normalized spacial score (nSPS) is 11.6. The third kappa shape index (κ3) is 3.11. The van der Waals surface area contributed by atoms with Crippen molar-refractivity contribution in [2.45, 2.75) is 13.8 Å². The molecule has 2 rings (SSSR count). The summed E-state index contributed by atoms with van der Waals surface area (Å²) in [5.41, 5.74) is 1.65. The number of nitriles is 1. The molecule has 1 aromatic heterocycles. The van der Waals surface area contributed by atoms with Crippen LogP contribution in [0.5, 0.6) is 0 Å². The third-order valence-corrected chi connectivity index (χ3v) is 3.37. The number of hydrogen-bond donors (Lipinski definition) is 1. The molecule has 2 aromatic rings. The van der Waals surface area contributed by atoms with Crippen LogP contribution in [0.15, 0.2) is 24.3 Å². The van der Waals surface area contributed by atoms with Crippen molar-refractivity contribution in [3.05, 3.63) is 47.0 Å². The van der Waals surface area contributed by atoms with E-state index in [1.807, 2.05) is 0 Å². The second-order valence-corrected chi connectivity index (χ2v) is 5.05. The van der Waals surface area contributed by atoms with Crippen LogP contribution in [-0.4, -0.2) is 28.5 Å². The minimum Gasteiger partial charge on any atom is -0.358 e. The SMILES string of the molecule is CNC(=O)[C@@H](C#N)C(=O)c1ccc(-n2nc(C)cc2C)c(F)c1. The predicted octanol–water partition coefficient (Wildman–Crippen LogP) is 1.70. The summed E-state index contributed by atoms with van der Waals surface area (Å²) in [4.78, 5) is 23.7. The Balaban J connectivity index is 2.40. The molecule has 1 N–H and O–H groups in total. The quantitative estimate of drug-likeness (QED) is 0.687. The first-order valence-corrected chi connectivity index (χ1v) is 6.87. The van der Waals surface area contributed by atoms with Crippen LogP contribution in [0.1, 0.15) is 21.7 Å². The molecule has 1 amide bonds. The molecule has 0 unspecified atom stereocenters. The summed E-state index contributed by atoms with van der Waals surface area (Å²) in [6, 6.07) is 7.23. The van der Waals surface area contributed by atoms with Gasteiger partial charge in [0.05, 0.1) is 11.8 Å². The van der Waals surface area contributed by atoms with Gasteiger partial charge in [-0.15, -0.1) is 0 Å². The average molecular weight is 314 g/mol. The van der Waals surface area contributed by atoms with Crippen LogP contribution in [0.4, 0.5) is 4.39 Å². The number of hydrogen-bond acceptors (Lipinski definition) is 4. The molecule has 1 atom stereocenters. The van der Waals surface area contributed by atoms with Gasteiger partial charge in [-0.1, -0.05) is 0 Å². The summed E-state index contributed by atoms with van der Waals surface area (Å²) in [5.74, 6) is -3.62. The van der Waals surface area contributed by atoms with E-state index < -0.39 is 23.4 Å². The van der Waals surface area contributed by atoms with E-state index in [2.05, 4.69) is 10.4 Å². The molecule has 0 aliphatic heterocycles. The van der Waals surface area contributed by atoms with E-state index in [0.29, 0.717) is 0 Å². The molecule has 0 radical (unpaired) electrons. The number of benzene rings is 1. The smallest absolute Gasteiger partial charge is 0.245 e. The van der Waals surface area contributed by atoms with Gasteiger partial charge in [0.25, 0.3) is 0 Å². The summed E-state index contributed by atoms with van der Waals surface area (Å²) >= 11 is 0. The van der Waals surface area contributed by atoms with Crippen LogP contribution < -0.4 is 5.32 Å². The molecule has 7 heteroatoms. The molecule has 0 saturated heterocycles. The Hall–Kier alpha value is -3.01. The third-order valence-electron chi connectivity index (χ3n) is 3.37. The van der Waals surface area contributed by atoms with E-state index in [1.54, 1.807) is 26.0 Å². The molecule has 0 bridgehead atoms. The van der Waals surface area contributed by atoms with Crippen LogP contribution >= 0.6 is 0 Å². The van der Waals surface area contributed by atoms with Crippen molar-refractivity contribution in [2.24, 2.45) is 5.92 Å². The first-order valence-electron chi connectivity index (χ1n) is 6.87. The zero-order valence-electron chi connectivity index (χ0n) is 12.9. The van der Waals surface area contributed by atoms with Gasteiger partial charge in [-0.05, 0) is 38.1 Å². The van der Waals surface area contributed by atoms with Crippen molar-refractivity contribution in [3.8, 4) is 11.8 Å². The van der Waals surface area contributed by atoms with Crippen LogP contribution in [0.25, 0.3) is 5.69 Å². The predicted molar refractivity (Wildman–Crippen MR) is 80.5 cm³/mol. The lowest BCUT2D eigenvalue weighted by Crippen LogP contribution is -2.32. The minimum atomic E-state index is -1.50. The fourth-order valence-electron chi connectivity index (χ4n) is 2.25. The van der Waals surface area contributed by atoms with Crippen LogP contribution in [0, 0.1) is 36.9 Å². The van der Waals surface area contributed by atoms with Crippen molar-refractivity contribution < 1.29 is 14.0 Å². The van der Waals surface area contributed by atoms with Gasteiger partial charge < -0.3 is 5.32 Å². The Kier molecular flexibility index (Phi) is 4.55. The second kappa shape index (κ2) is 6.40. The van der Waals surface area contributed by atoms with E-state index in [0.717, 1.165) is 17.5 Å². The molecule has 1 heterocycles. The number of nitrogens with zero attached hydrogens (tertiary/aromatic N) is 3. The van der Waals surface area contributed by atoms with Crippen molar-refractivity contribution in [3.63, 3.8) is 0 Å². The fraction of sp³-hybridized carbons (Fsp3) is 0.250. The Morgan fingerprint density at radius 3 is 2.52 bits per heavy atom. The summed E-state index contributed by atoms with van der Waals surface area (Å²) in [6.07, 6.45) is 0. The van der Waals surface area contributed by atoms with E-state index >= 15 is 0 Å². The van der Waals surface area contributed by atoms with Crippen molar-refractivity contribution in [1.29, 1.82) is 5.26 Å². The zero-order chi connectivity index (χ0) is 17.1. The topological polar surface area (TPSA) is 87.8 Å². The number of carbonyl (C=O) groups excluding carboxylic acids is 2. The number of rotatable bonds is 4. The highest BCUT2D eigenvalue weighted by Crippen LogP contribution is 2.19. The summed E-state index contributed by atoms with van der Waals surface area (Å²) in [5, 5.41) is 15.4. The van der Waals surface area contributed by atoms with Gasteiger partial charge in [0, 0.05) is 18.3 Å². The first kappa shape index (κ1) is 16.4. The molecule has 0 saturated carbocycles. The Labute approximate surface area is 132 Å². The molecule has 118 valence electrons. The number of amides is 1. The Morgan fingerprint density at radius 2 is 2.04 bits per heavy atom. The van der Waals surface area contributed by atoms with Gasteiger partial charge in [0.2, 0.25) is 5.91 Å². The molecule has 6 nitrogen and oxygen atoms in total. The van der Waals surface area contributed by atoms with Crippen molar-refractivity contribution >= 4 is 11.7 Å². The molecule has 0 fully saturated rings. The van der Waals surface area contributed by atoms with Crippen LogP contribution in [-0.2, 0) is 4.79 Å².